The van der Waals surface area contributed by atoms with E-state index in [1.54, 1.807) is 6.07 Å². The van der Waals surface area contributed by atoms with Gasteiger partial charge in [0.05, 0.1) is 24.0 Å². The molecular weight excluding hydrogens is 192 g/mol. The molecule has 2 rings (SSSR count). The average Bonchev–Trinajstić information content (AvgIpc) is 2.26. The minimum Gasteiger partial charge on any atom is -0.465 e. The molecule has 1 aliphatic heterocycles. The number of para-hydroxylation sites is 1. The lowest BCUT2D eigenvalue weighted by Gasteiger charge is -2.26. The van der Waals surface area contributed by atoms with Crippen LogP contribution in [0.1, 0.15) is 17.3 Å². The molecule has 0 aliphatic carbocycles. The molecular formula is C11H14N2O2. The lowest BCUT2D eigenvalue weighted by Crippen LogP contribution is -2.31. The van der Waals surface area contributed by atoms with Crippen LogP contribution in [0.3, 0.4) is 0 Å². The highest BCUT2D eigenvalue weighted by Crippen LogP contribution is 2.30. The van der Waals surface area contributed by atoms with Gasteiger partial charge in [-0.05, 0) is 19.1 Å². The topological polar surface area (TPSA) is 50.4 Å². The molecule has 1 aromatic rings. The molecule has 1 unspecified atom stereocenters. The van der Waals surface area contributed by atoms with E-state index in [0.29, 0.717) is 11.6 Å². The van der Waals surface area contributed by atoms with Gasteiger partial charge in [-0.15, -0.1) is 0 Å². The van der Waals surface area contributed by atoms with E-state index >= 15 is 0 Å². The predicted octanol–water partition coefficient (Wildman–Crippen LogP) is 1.70. The highest BCUT2D eigenvalue weighted by molar-refractivity contribution is 5.99. The van der Waals surface area contributed by atoms with Crippen LogP contribution in [-0.2, 0) is 4.74 Å². The van der Waals surface area contributed by atoms with Gasteiger partial charge >= 0.3 is 5.97 Å². The van der Waals surface area contributed by atoms with Gasteiger partial charge in [0.25, 0.3) is 0 Å². The molecule has 0 spiro atoms. The lowest BCUT2D eigenvalue weighted by atomic mass is 10.1. The quantitative estimate of drug-likeness (QED) is 0.687. The van der Waals surface area contributed by atoms with Crippen molar-refractivity contribution in [1.82, 2.24) is 0 Å². The van der Waals surface area contributed by atoms with E-state index in [0.717, 1.165) is 17.9 Å². The van der Waals surface area contributed by atoms with Crippen molar-refractivity contribution in [2.24, 2.45) is 0 Å². The van der Waals surface area contributed by atoms with Gasteiger partial charge in [0, 0.05) is 12.6 Å². The molecule has 1 heterocycles. The first kappa shape index (κ1) is 9.83. The summed E-state index contributed by atoms with van der Waals surface area (Å²) >= 11 is 0. The third-order valence-electron chi connectivity index (χ3n) is 2.46. The first-order valence-electron chi connectivity index (χ1n) is 4.94. The Kier molecular flexibility index (Phi) is 2.49. The van der Waals surface area contributed by atoms with E-state index in [1.807, 2.05) is 12.1 Å². The van der Waals surface area contributed by atoms with E-state index in [9.17, 15) is 4.79 Å². The van der Waals surface area contributed by atoms with E-state index < -0.39 is 0 Å². The van der Waals surface area contributed by atoms with E-state index in [2.05, 4.69) is 17.6 Å². The van der Waals surface area contributed by atoms with Gasteiger partial charge in [-0.1, -0.05) is 6.07 Å². The highest BCUT2D eigenvalue weighted by atomic mass is 16.5. The molecule has 0 amide bonds. The van der Waals surface area contributed by atoms with Crippen molar-refractivity contribution in [3.05, 3.63) is 23.8 Å². The monoisotopic (exact) mass is 206 g/mol. The van der Waals surface area contributed by atoms with Crippen LogP contribution in [0, 0.1) is 0 Å². The first-order chi connectivity index (χ1) is 7.22. The summed E-state index contributed by atoms with van der Waals surface area (Å²) in [5, 5.41) is 6.54. The summed E-state index contributed by atoms with van der Waals surface area (Å²) in [6, 6.07) is 5.92. The minimum atomic E-state index is -0.310. The van der Waals surface area contributed by atoms with Gasteiger partial charge in [0.15, 0.2) is 0 Å². The summed E-state index contributed by atoms with van der Waals surface area (Å²) in [6.45, 7) is 2.89. The summed E-state index contributed by atoms with van der Waals surface area (Å²) in [6.07, 6.45) is 0. The van der Waals surface area contributed by atoms with Crippen LogP contribution in [0.25, 0.3) is 0 Å². The number of fused-ring (bicyclic) bond motifs is 1. The van der Waals surface area contributed by atoms with Gasteiger partial charge < -0.3 is 15.4 Å². The molecule has 1 atom stereocenters. The second-order valence-corrected chi connectivity index (χ2v) is 3.65. The Morgan fingerprint density at radius 2 is 2.33 bits per heavy atom. The Labute approximate surface area is 88.6 Å². The molecule has 1 aromatic carbocycles. The van der Waals surface area contributed by atoms with E-state index in [4.69, 9.17) is 4.74 Å². The second-order valence-electron chi connectivity index (χ2n) is 3.65. The molecule has 80 valence electrons. The molecule has 15 heavy (non-hydrogen) atoms. The Morgan fingerprint density at radius 1 is 1.53 bits per heavy atom. The number of nitrogens with one attached hydrogen (secondary N) is 2. The molecule has 4 nitrogen and oxygen atoms in total. The summed E-state index contributed by atoms with van der Waals surface area (Å²) < 4.78 is 4.72. The SMILES string of the molecule is COC(=O)c1cccc2c1NCC(C)N2. The molecule has 0 aromatic heterocycles. The lowest BCUT2D eigenvalue weighted by molar-refractivity contribution is 0.0602. The number of hydrogen-bond donors (Lipinski definition) is 2. The largest absolute Gasteiger partial charge is 0.465 e. The molecule has 1 aliphatic rings. The Balaban J connectivity index is 2.42. The average molecular weight is 206 g/mol. The van der Waals surface area contributed by atoms with Crippen molar-refractivity contribution in [3.8, 4) is 0 Å². The molecule has 0 fully saturated rings. The zero-order valence-electron chi connectivity index (χ0n) is 8.83. The number of methoxy groups -OCH3 is 1. The number of rotatable bonds is 1. The normalized spacial score (nSPS) is 18.4. The zero-order valence-corrected chi connectivity index (χ0v) is 8.83. The Morgan fingerprint density at radius 3 is 3.07 bits per heavy atom. The van der Waals surface area contributed by atoms with E-state index in [-0.39, 0.29) is 5.97 Å². The Bertz CT molecular complexity index is 390. The fourth-order valence-electron chi connectivity index (χ4n) is 1.71. The maximum Gasteiger partial charge on any atom is 0.340 e. The number of esters is 1. The number of hydrogen-bond acceptors (Lipinski definition) is 4. The summed E-state index contributed by atoms with van der Waals surface area (Å²) in [7, 11) is 1.39. The van der Waals surface area contributed by atoms with Crippen LogP contribution in [0.2, 0.25) is 0 Å². The zero-order chi connectivity index (χ0) is 10.8. The number of carbonyl (C=O) groups excluding carboxylic acids is 1. The van der Waals surface area contributed by atoms with Gasteiger partial charge in [-0.25, -0.2) is 4.79 Å². The third kappa shape index (κ3) is 1.75. The van der Waals surface area contributed by atoms with E-state index in [1.165, 1.54) is 7.11 Å². The van der Waals surface area contributed by atoms with Crippen LogP contribution in [0.15, 0.2) is 18.2 Å². The standard InChI is InChI=1S/C11H14N2O2/c1-7-6-12-10-8(11(14)15-2)4-3-5-9(10)13-7/h3-5,7,12-13H,6H2,1-2H3. The van der Waals surface area contributed by atoms with Crippen molar-refractivity contribution < 1.29 is 9.53 Å². The highest BCUT2D eigenvalue weighted by Gasteiger charge is 2.19. The van der Waals surface area contributed by atoms with Crippen molar-refractivity contribution >= 4 is 17.3 Å². The van der Waals surface area contributed by atoms with Crippen LogP contribution in [0.5, 0.6) is 0 Å². The maximum absolute atomic E-state index is 11.5. The second kappa shape index (κ2) is 3.81. The molecule has 4 heteroatoms. The summed E-state index contributed by atoms with van der Waals surface area (Å²) in [5.41, 5.74) is 2.37. The molecule has 0 radical (unpaired) electrons. The van der Waals surface area contributed by atoms with Crippen molar-refractivity contribution in [2.75, 3.05) is 24.3 Å². The fourth-order valence-corrected chi connectivity index (χ4v) is 1.71. The number of carbonyl (C=O) groups is 1. The number of benzene rings is 1. The van der Waals surface area contributed by atoms with Crippen molar-refractivity contribution in [3.63, 3.8) is 0 Å². The van der Waals surface area contributed by atoms with Crippen molar-refractivity contribution in [2.45, 2.75) is 13.0 Å². The smallest absolute Gasteiger partial charge is 0.340 e. The summed E-state index contributed by atoms with van der Waals surface area (Å²) in [5.74, 6) is -0.310. The number of anilines is 2. The predicted molar refractivity (Wildman–Crippen MR) is 59.4 cm³/mol. The minimum absolute atomic E-state index is 0.310. The van der Waals surface area contributed by atoms with Gasteiger partial charge in [-0.2, -0.15) is 0 Å². The molecule has 0 bridgehead atoms. The molecule has 0 saturated heterocycles. The molecule has 2 N–H and O–H groups in total. The summed E-state index contributed by atoms with van der Waals surface area (Å²) in [4.78, 5) is 11.5. The van der Waals surface area contributed by atoms with Gasteiger partial charge in [0.1, 0.15) is 0 Å². The number of ether oxygens (including phenoxy) is 1. The molecule has 0 saturated carbocycles. The van der Waals surface area contributed by atoms with Crippen LogP contribution in [0.4, 0.5) is 11.4 Å². The van der Waals surface area contributed by atoms with Crippen LogP contribution in [-0.4, -0.2) is 25.7 Å². The fraction of sp³-hybridized carbons (Fsp3) is 0.364. The van der Waals surface area contributed by atoms with Crippen LogP contribution >= 0.6 is 0 Å². The van der Waals surface area contributed by atoms with Crippen LogP contribution < -0.4 is 10.6 Å². The third-order valence-corrected chi connectivity index (χ3v) is 2.46. The van der Waals surface area contributed by atoms with Gasteiger partial charge in [-0.3, -0.25) is 0 Å². The maximum atomic E-state index is 11.5. The van der Waals surface area contributed by atoms with Gasteiger partial charge in [0.2, 0.25) is 0 Å². The first-order valence-corrected chi connectivity index (χ1v) is 4.94. The Hall–Kier alpha value is -1.71. The van der Waals surface area contributed by atoms with Crippen molar-refractivity contribution in [1.29, 1.82) is 0 Å².